The van der Waals surface area contributed by atoms with Gasteiger partial charge in [-0.3, -0.25) is 0 Å². The fraction of sp³-hybridized carbons (Fsp3) is 0.821. The Labute approximate surface area is 263 Å². The van der Waals surface area contributed by atoms with Crippen molar-refractivity contribution in [1.29, 1.82) is 0 Å². The van der Waals surface area contributed by atoms with Crippen LogP contribution in [0.4, 0.5) is 4.79 Å². The molecule has 3 nitrogen and oxygen atoms in total. The van der Waals surface area contributed by atoms with E-state index in [2.05, 4.69) is 50.3 Å². The first-order chi connectivity index (χ1) is 20.8. The lowest BCUT2D eigenvalue weighted by Crippen LogP contribution is -2.09. The number of hydrogen-bond acceptors (Lipinski definition) is 3. The first kappa shape index (κ1) is 40.5. The van der Waals surface area contributed by atoms with Crippen molar-refractivity contribution in [1.82, 2.24) is 0 Å². The molecule has 0 fully saturated rings. The lowest BCUT2D eigenvalue weighted by atomic mass is 10.0. The Bertz CT molecular complexity index is 607. The van der Waals surface area contributed by atoms with Crippen molar-refractivity contribution in [3.05, 3.63) is 36.5 Å². The summed E-state index contributed by atoms with van der Waals surface area (Å²) in [6.07, 6.45) is 49.1. The lowest BCUT2D eigenvalue weighted by Gasteiger charge is -2.06. The molecule has 0 aliphatic carbocycles. The molecule has 246 valence electrons. The van der Waals surface area contributed by atoms with Gasteiger partial charge >= 0.3 is 6.16 Å². The van der Waals surface area contributed by atoms with Gasteiger partial charge in [-0.1, -0.05) is 185 Å². The first-order valence-corrected chi connectivity index (χ1v) is 18.6. The number of unbranched alkanes of at least 4 members (excludes halogenated alkanes) is 23. The second kappa shape index (κ2) is 37.5. The number of rotatable bonds is 33. The smallest absolute Gasteiger partial charge is 0.434 e. The maximum absolute atomic E-state index is 11.7. The van der Waals surface area contributed by atoms with Gasteiger partial charge in [0.1, 0.15) is 0 Å². The molecule has 0 atom stereocenters. The number of hydrogen-bond donors (Lipinski definition) is 0. The molecule has 0 N–H and O–H groups in total. The Hall–Kier alpha value is -1.51. The zero-order chi connectivity index (χ0) is 30.4. The first-order valence-electron chi connectivity index (χ1n) is 18.6. The molecule has 0 aromatic carbocycles. The van der Waals surface area contributed by atoms with Crippen LogP contribution in [0.2, 0.25) is 0 Å². The SMILES string of the molecule is CC/C=C\C/C=C\C/C=C\CCCCCCCCOC(=O)OCCCCCCCCCCCCCCCCCCCC. The third-order valence-electron chi connectivity index (χ3n) is 7.98. The molecule has 0 radical (unpaired) electrons. The van der Waals surface area contributed by atoms with Crippen molar-refractivity contribution in [2.75, 3.05) is 13.2 Å². The van der Waals surface area contributed by atoms with E-state index in [1.54, 1.807) is 0 Å². The van der Waals surface area contributed by atoms with Crippen LogP contribution in [0.1, 0.15) is 194 Å². The highest BCUT2D eigenvalue weighted by Gasteiger charge is 2.03. The molecule has 0 heterocycles. The summed E-state index contributed by atoms with van der Waals surface area (Å²) < 4.78 is 10.4. The van der Waals surface area contributed by atoms with Gasteiger partial charge in [0.25, 0.3) is 0 Å². The fourth-order valence-electron chi connectivity index (χ4n) is 5.25. The maximum Gasteiger partial charge on any atom is 0.508 e. The molecule has 0 aromatic heterocycles. The molecule has 0 saturated heterocycles. The van der Waals surface area contributed by atoms with Gasteiger partial charge in [0.05, 0.1) is 13.2 Å². The Morgan fingerprint density at radius 1 is 0.405 bits per heavy atom. The molecule has 42 heavy (non-hydrogen) atoms. The summed E-state index contributed by atoms with van der Waals surface area (Å²) in [5.74, 6) is 0. The minimum absolute atomic E-state index is 0.485. The van der Waals surface area contributed by atoms with Crippen molar-refractivity contribution < 1.29 is 14.3 Å². The van der Waals surface area contributed by atoms with Gasteiger partial charge in [0.15, 0.2) is 0 Å². The van der Waals surface area contributed by atoms with E-state index in [0.717, 1.165) is 44.9 Å². The van der Waals surface area contributed by atoms with Gasteiger partial charge in [-0.15, -0.1) is 0 Å². The summed E-state index contributed by atoms with van der Waals surface area (Å²) in [5.41, 5.74) is 0. The normalized spacial score (nSPS) is 11.9. The third-order valence-corrected chi connectivity index (χ3v) is 7.98. The standard InChI is InChI=1S/C39H72O3/c1-3-5-7-9-11-13-15-17-19-21-22-24-26-28-30-32-34-36-38-42-39(40)41-37-35-33-31-29-27-25-23-20-18-16-14-12-10-8-6-4-2/h6,8,12,14,18,20H,3-5,7,9-11,13,15-17,19,21-38H2,1-2H3/b8-6-,14-12-,20-18-. The third kappa shape index (κ3) is 36.5. The van der Waals surface area contributed by atoms with Crippen LogP contribution in [0.5, 0.6) is 0 Å². The van der Waals surface area contributed by atoms with E-state index < -0.39 is 6.16 Å². The molecule has 0 aliphatic heterocycles. The molecule has 0 aliphatic rings. The lowest BCUT2D eigenvalue weighted by molar-refractivity contribution is 0.0529. The summed E-state index contributed by atoms with van der Waals surface area (Å²) in [6.45, 7) is 5.44. The molecule has 0 rings (SSSR count). The zero-order valence-corrected chi connectivity index (χ0v) is 28.4. The number of carbonyl (C=O) groups is 1. The predicted molar refractivity (Wildman–Crippen MR) is 185 cm³/mol. The second-order valence-corrected chi connectivity index (χ2v) is 12.2. The highest BCUT2D eigenvalue weighted by Crippen LogP contribution is 2.14. The van der Waals surface area contributed by atoms with Gasteiger partial charge in [0, 0.05) is 0 Å². The molecule has 0 spiro atoms. The summed E-state index contributed by atoms with van der Waals surface area (Å²) in [5, 5.41) is 0. The van der Waals surface area contributed by atoms with E-state index >= 15 is 0 Å². The molecule has 0 bridgehead atoms. The summed E-state index contributed by atoms with van der Waals surface area (Å²) >= 11 is 0. The van der Waals surface area contributed by atoms with Gasteiger partial charge in [-0.25, -0.2) is 4.79 Å². The van der Waals surface area contributed by atoms with Crippen molar-refractivity contribution in [3.63, 3.8) is 0 Å². The minimum atomic E-state index is -0.485. The Morgan fingerprint density at radius 2 is 0.738 bits per heavy atom. The number of allylic oxidation sites excluding steroid dienone is 6. The number of ether oxygens (including phenoxy) is 2. The summed E-state index contributed by atoms with van der Waals surface area (Å²) in [6, 6.07) is 0. The van der Waals surface area contributed by atoms with Crippen molar-refractivity contribution in [3.8, 4) is 0 Å². The monoisotopic (exact) mass is 589 g/mol. The minimum Gasteiger partial charge on any atom is -0.434 e. The molecule has 0 saturated carbocycles. The molecule has 0 unspecified atom stereocenters. The van der Waals surface area contributed by atoms with E-state index in [4.69, 9.17) is 9.47 Å². The molecular weight excluding hydrogens is 516 g/mol. The van der Waals surface area contributed by atoms with Crippen LogP contribution in [0.15, 0.2) is 36.5 Å². The second-order valence-electron chi connectivity index (χ2n) is 12.2. The number of carbonyl (C=O) groups excluding carboxylic acids is 1. The van der Waals surface area contributed by atoms with Crippen molar-refractivity contribution in [2.24, 2.45) is 0 Å². The van der Waals surface area contributed by atoms with Crippen LogP contribution in [0.25, 0.3) is 0 Å². The fourth-order valence-corrected chi connectivity index (χ4v) is 5.25. The van der Waals surface area contributed by atoms with Gasteiger partial charge in [-0.2, -0.15) is 0 Å². The summed E-state index contributed by atoms with van der Waals surface area (Å²) in [4.78, 5) is 11.7. The van der Waals surface area contributed by atoms with Crippen LogP contribution in [0, 0.1) is 0 Å². The van der Waals surface area contributed by atoms with Crippen LogP contribution in [-0.2, 0) is 9.47 Å². The highest BCUT2D eigenvalue weighted by molar-refractivity contribution is 5.59. The van der Waals surface area contributed by atoms with Gasteiger partial charge in [0.2, 0.25) is 0 Å². The average Bonchev–Trinajstić information content (AvgIpc) is 3.00. The van der Waals surface area contributed by atoms with E-state index in [1.807, 2.05) is 0 Å². The molecule has 0 aromatic rings. The van der Waals surface area contributed by atoms with Crippen LogP contribution < -0.4 is 0 Å². The van der Waals surface area contributed by atoms with Crippen LogP contribution in [-0.4, -0.2) is 19.4 Å². The average molecular weight is 589 g/mol. The van der Waals surface area contributed by atoms with Crippen LogP contribution >= 0.6 is 0 Å². The quantitative estimate of drug-likeness (QED) is 0.0434. The zero-order valence-electron chi connectivity index (χ0n) is 28.4. The Balaban J connectivity index is 3.21. The van der Waals surface area contributed by atoms with E-state index in [9.17, 15) is 4.79 Å². The van der Waals surface area contributed by atoms with Crippen molar-refractivity contribution >= 4 is 6.16 Å². The van der Waals surface area contributed by atoms with Gasteiger partial charge in [-0.05, 0) is 44.9 Å². The van der Waals surface area contributed by atoms with E-state index in [0.29, 0.717) is 13.2 Å². The van der Waals surface area contributed by atoms with Crippen LogP contribution in [0.3, 0.4) is 0 Å². The van der Waals surface area contributed by atoms with Gasteiger partial charge < -0.3 is 9.47 Å². The molecular formula is C39H72O3. The van der Waals surface area contributed by atoms with E-state index in [1.165, 1.54) is 135 Å². The highest BCUT2D eigenvalue weighted by atomic mass is 16.7. The maximum atomic E-state index is 11.7. The Kier molecular flexibility index (Phi) is 36.2. The Morgan fingerprint density at radius 3 is 1.14 bits per heavy atom. The summed E-state index contributed by atoms with van der Waals surface area (Å²) in [7, 11) is 0. The van der Waals surface area contributed by atoms with Crippen molar-refractivity contribution in [2.45, 2.75) is 194 Å². The molecule has 3 heteroatoms. The topological polar surface area (TPSA) is 35.5 Å². The largest absolute Gasteiger partial charge is 0.508 e. The predicted octanol–water partition coefficient (Wildman–Crippen LogP) is 13.8. The van der Waals surface area contributed by atoms with E-state index in [-0.39, 0.29) is 0 Å². The molecule has 0 amide bonds.